The van der Waals surface area contributed by atoms with Crippen LogP contribution in [0.2, 0.25) is 0 Å². The van der Waals surface area contributed by atoms with Crippen LogP contribution in [0.25, 0.3) is 11.6 Å². The summed E-state index contributed by atoms with van der Waals surface area (Å²) < 4.78 is 13.8. The van der Waals surface area contributed by atoms with Crippen molar-refractivity contribution in [3.8, 4) is 0 Å². The van der Waals surface area contributed by atoms with Gasteiger partial charge in [-0.05, 0) is 67.5 Å². The van der Waals surface area contributed by atoms with Crippen molar-refractivity contribution in [1.82, 2.24) is 9.88 Å². The molecule has 29 heavy (non-hydrogen) atoms. The number of aromatic nitrogens is 1. The Balaban J connectivity index is 1.75. The Labute approximate surface area is 170 Å². The number of aromatic amines is 1. The maximum atomic E-state index is 13.8. The van der Waals surface area contributed by atoms with Crippen molar-refractivity contribution >= 4 is 29.2 Å². The number of hydrogen-bond acceptors (Lipinski definition) is 2. The summed E-state index contributed by atoms with van der Waals surface area (Å²) >= 11 is 0. The number of H-pyrrole nitrogens is 1. The molecule has 2 heterocycles. The van der Waals surface area contributed by atoms with Crippen LogP contribution in [0.4, 0.5) is 10.1 Å². The average molecular weight is 395 g/mol. The van der Waals surface area contributed by atoms with Crippen molar-refractivity contribution in [3.63, 3.8) is 0 Å². The second-order valence-corrected chi connectivity index (χ2v) is 8.03. The van der Waals surface area contributed by atoms with Gasteiger partial charge in [0.05, 0.1) is 5.57 Å². The monoisotopic (exact) mass is 395 g/mol. The van der Waals surface area contributed by atoms with Gasteiger partial charge in [-0.1, -0.05) is 6.42 Å². The summed E-state index contributed by atoms with van der Waals surface area (Å²) in [5, 5.41) is 2.80. The molecule has 0 saturated carbocycles. The number of fused-ring (bicyclic) bond motifs is 2. The molecule has 0 bridgehead atoms. The van der Waals surface area contributed by atoms with E-state index in [9.17, 15) is 14.0 Å². The first-order valence-corrected chi connectivity index (χ1v) is 10.2. The van der Waals surface area contributed by atoms with Gasteiger partial charge in [-0.2, -0.15) is 0 Å². The normalized spacial score (nSPS) is 16.9. The molecule has 6 heteroatoms. The summed E-state index contributed by atoms with van der Waals surface area (Å²) in [5.74, 6) is -0.519. The first kappa shape index (κ1) is 19.4. The SMILES string of the molecule is CN(C)C(=O)CCc1c(/C=C2\C(=O)Nc3ccc(F)cc32)[nH]c2c1CCCCC2. The average Bonchev–Trinajstić information content (AvgIpc) is 3.05. The van der Waals surface area contributed by atoms with E-state index in [0.717, 1.165) is 36.9 Å². The minimum absolute atomic E-state index is 0.0817. The van der Waals surface area contributed by atoms with Crippen molar-refractivity contribution in [2.45, 2.75) is 44.9 Å². The molecule has 2 aromatic rings. The highest BCUT2D eigenvalue weighted by atomic mass is 19.1. The Bertz CT molecular complexity index is 1000. The number of anilines is 1. The molecule has 4 rings (SSSR count). The third-order valence-electron chi connectivity index (χ3n) is 5.83. The number of benzene rings is 1. The minimum atomic E-state index is -0.370. The molecule has 1 aromatic carbocycles. The summed E-state index contributed by atoms with van der Waals surface area (Å²) in [6.45, 7) is 0. The third-order valence-corrected chi connectivity index (χ3v) is 5.83. The summed E-state index contributed by atoms with van der Waals surface area (Å²) in [5.41, 5.74) is 6.14. The second kappa shape index (κ2) is 7.85. The van der Waals surface area contributed by atoms with Crippen molar-refractivity contribution in [3.05, 3.63) is 52.1 Å². The van der Waals surface area contributed by atoms with Crippen LogP contribution in [0.1, 0.15) is 53.8 Å². The van der Waals surface area contributed by atoms with E-state index < -0.39 is 0 Å². The first-order chi connectivity index (χ1) is 13.9. The second-order valence-electron chi connectivity index (χ2n) is 8.03. The zero-order valence-corrected chi connectivity index (χ0v) is 16.9. The standard InChI is InChI=1S/C23H26FN3O2/c1-27(2)22(28)11-9-16-15-6-4-3-5-7-19(15)25-21(16)13-18-17-12-14(24)8-10-20(17)26-23(18)29/h8,10,12-13,25H,3-7,9,11H2,1-2H3,(H,26,29)/b18-13-. The molecular weight excluding hydrogens is 369 g/mol. The topological polar surface area (TPSA) is 65.2 Å². The molecule has 2 amide bonds. The van der Waals surface area contributed by atoms with Gasteiger partial charge in [-0.15, -0.1) is 0 Å². The van der Waals surface area contributed by atoms with E-state index in [1.54, 1.807) is 25.1 Å². The van der Waals surface area contributed by atoms with Gasteiger partial charge < -0.3 is 15.2 Å². The molecule has 1 aliphatic carbocycles. The lowest BCUT2D eigenvalue weighted by Gasteiger charge is -2.11. The number of amides is 2. The molecule has 0 saturated heterocycles. The van der Waals surface area contributed by atoms with Gasteiger partial charge >= 0.3 is 0 Å². The van der Waals surface area contributed by atoms with Crippen LogP contribution in [0, 0.1) is 5.82 Å². The molecule has 0 fully saturated rings. The molecule has 0 unspecified atom stereocenters. The Morgan fingerprint density at radius 1 is 1.21 bits per heavy atom. The Morgan fingerprint density at radius 2 is 2.00 bits per heavy atom. The number of rotatable bonds is 4. The predicted molar refractivity (Wildman–Crippen MR) is 112 cm³/mol. The summed E-state index contributed by atoms with van der Waals surface area (Å²) in [7, 11) is 3.52. The van der Waals surface area contributed by atoms with E-state index in [4.69, 9.17) is 0 Å². The number of carbonyl (C=O) groups is 2. The Hall–Kier alpha value is -2.89. The van der Waals surface area contributed by atoms with E-state index in [0.29, 0.717) is 29.7 Å². The van der Waals surface area contributed by atoms with Crippen molar-refractivity contribution < 1.29 is 14.0 Å². The molecule has 5 nitrogen and oxygen atoms in total. The molecule has 0 spiro atoms. The van der Waals surface area contributed by atoms with Gasteiger partial charge in [0.2, 0.25) is 5.91 Å². The van der Waals surface area contributed by atoms with E-state index in [1.807, 2.05) is 6.08 Å². The zero-order chi connectivity index (χ0) is 20.5. The number of aryl methyl sites for hydroxylation is 1. The van der Waals surface area contributed by atoms with Gasteiger partial charge in [0.1, 0.15) is 5.82 Å². The fourth-order valence-corrected chi connectivity index (χ4v) is 4.27. The van der Waals surface area contributed by atoms with Crippen LogP contribution in [0.5, 0.6) is 0 Å². The lowest BCUT2D eigenvalue weighted by Crippen LogP contribution is -2.22. The molecule has 2 N–H and O–H groups in total. The lowest BCUT2D eigenvalue weighted by atomic mass is 9.98. The Kier molecular flexibility index (Phi) is 5.26. The molecule has 1 aromatic heterocycles. The van der Waals surface area contributed by atoms with Gasteiger partial charge in [0.25, 0.3) is 5.91 Å². The van der Waals surface area contributed by atoms with Gasteiger partial charge in [0, 0.05) is 43.2 Å². The Morgan fingerprint density at radius 3 is 2.79 bits per heavy atom. The maximum Gasteiger partial charge on any atom is 0.256 e. The number of halogens is 1. The van der Waals surface area contributed by atoms with Gasteiger partial charge in [-0.3, -0.25) is 9.59 Å². The fourth-order valence-electron chi connectivity index (χ4n) is 4.27. The van der Waals surface area contributed by atoms with Crippen LogP contribution in [-0.2, 0) is 28.9 Å². The van der Waals surface area contributed by atoms with Crippen molar-refractivity contribution in [2.75, 3.05) is 19.4 Å². The summed E-state index contributed by atoms with van der Waals surface area (Å²) in [4.78, 5) is 29.8. The van der Waals surface area contributed by atoms with Gasteiger partial charge in [-0.25, -0.2) is 4.39 Å². The molecule has 2 aliphatic rings. The van der Waals surface area contributed by atoms with Crippen LogP contribution in [-0.4, -0.2) is 35.8 Å². The molecule has 152 valence electrons. The van der Waals surface area contributed by atoms with Crippen LogP contribution < -0.4 is 5.32 Å². The van der Waals surface area contributed by atoms with Crippen LogP contribution in [0.3, 0.4) is 0 Å². The highest BCUT2D eigenvalue weighted by Gasteiger charge is 2.26. The van der Waals surface area contributed by atoms with Crippen LogP contribution >= 0.6 is 0 Å². The molecular formula is C23H26FN3O2. The number of nitrogens with zero attached hydrogens (tertiary/aromatic N) is 1. The molecule has 1 aliphatic heterocycles. The van der Waals surface area contributed by atoms with Gasteiger partial charge in [0.15, 0.2) is 0 Å². The minimum Gasteiger partial charge on any atom is -0.358 e. The van der Waals surface area contributed by atoms with Crippen LogP contribution in [0.15, 0.2) is 18.2 Å². The quantitative estimate of drug-likeness (QED) is 0.608. The number of hydrogen-bond donors (Lipinski definition) is 2. The smallest absolute Gasteiger partial charge is 0.256 e. The molecule has 0 atom stereocenters. The van der Waals surface area contributed by atoms with E-state index in [-0.39, 0.29) is 17.6 Å². The zero-order valence-electron chi connectivity index (χ0n) is 16.9. The molecule has 0 radical (unpaired) electrons. The van der Waals surface area contributed by atoms with E-state index >= 15 is 0 Å². The highest BCUT2D eigenvalue weighted by Crippen LogP contribution is 2.35. The largest absolute Gasteiger partial charge is 0.358 e. The van der Waals surface area contributed by atoms with Crippen molar-refractivity contribution in [1.29, 1.82) is 0 Å². The lowest BCUT2D eigenvalue weighted by molar-refractivity contribution is -0.128. The maximum absolute atomic E-state index is 13.8. The first-order valence-electron chi connectivity index (χ1n) is 10.2. The predicted octanol–water partition coefficient (Wildman–Crippen LogP) is 3.94. The summed E-state index contributed by atoms with van der Waals surface area (Å²) in [6.07, 6.45) is 8.29. The number of carbonyl (C=O) groups excluding carboxylic acids is 2. The summed E-state index contributed by atoms with van der Waals surface area (Å²) in [6, 6.07) is 4.32. The highest BCUT2D eigenvalue weighted by molar-refractivity contribution is 6.34. The van der Waals surface area contributed by atoms with E-state index in [1.165, 1.54) is 29.8 Å². The van der Waals surface area contributed by atoms with Crippen molar-refractivity contribution in [2.24, 2.45) is 0 Å². The third kappa shape index (κ3) is 3.84. The fraction of sp³-hybridized carbons (Fsp3) is 0.391. The van der Waals surface area contributed by atoms with E-state index in [2.05, 4.69) is 10.3 Å². The number of nitrogens with one attached hydrogen (secondary N) is 2.